The maximum absolute atomic E-state index is 14.6. The summed E-state index contributed by atoms with van der Waals surface area (Å²) < 4.78 is 79.4. The minimum atomic E-state index is -5.47. The first-order valence-corrected chi connectivity index (χ1v) is 14.2. The van der Waals surface area contributed by atoms with E-state index in [4.69, 9.17) is 33.7 Å². The van der Waals surface area contributed by atoms with Gasteiger partial charge in [0.2, 0.25) is 11.5 Å². The molecule has 1 saturated carbocycles. The number of alkyl halides is 3. The van der Waals surface area contributed by atoms with Gasteiger partial charge in [-0.05, 0) is 50.1 Å². The van der Waals surface area contributed by atoms with Gasteiger partial charge in [-0.25, -0.2) is 13.8 Å². The normalized spacial score (nSPS) is 14.8. The number of carbonyl (C=O) groups excluding carboxylic acids is 2. The number of aliphatic hydroxyl groups is 1. The average molecular weight is 672 g/mol. The molecule has 1 aliphatic rings. The first-order chi connectivity index (χ1) is 21.1. The largest absolute Gasteiger partial charge is 0.491 e. The lowest BCUT2D eigenvalue weighted by molar-refractivity contribution is -0.265. The van der Waals surface area contributed by atoms with E-state index in [1.54, 1.807) is 10.9 Å². The lowest BCUT2D eigenvalue weighted by Crippen LogP contribution is -2.51. The zero-order chi connectivity index (χ0) is 32.8. The molecule has 0 aliphatic heterocycles. The highest BCUT2D eigenvalue weighted by Crippen LogP contribution is 2.44. The van der Waals surface area contributed by atoms with Crippen LogP contribution in [0.2, 0.25) is 10.0 Å². The number of fused-ring (bicyclic) bond motifs is 1. The summed E-state index contributed by atoms with van der Waals surface area (Å²) in [6.45, 7) is -0.0257. The number of halogens is 7. The molecule has 238 valence electrons. The molecule has 2 aromatic carbocycles. The molecule has 9 nitrogen and oxygen atoms in total. The number of rotatable bonds is 10. The fourth-order valence-electron chi connectivity index (χ4n) is 4.73. The predicted octanol–water partition coefficient (Wildman–Crippen LogP) is 5.62. The molecule has 16 heteroatoms. The van der Waals surface area contributed by atoms with Crippen molar-refractivity contribution >= 4 is 45.9 Å². The molecule has 0 unspecified atom stereocenters. The van der Waals surface area contributed by atoms with E-state index in [2.05, 4.69) is 15.4 Å². The van der Waals surface area contributed by atoms with Gasteiger partial charge >= 0.3 is 6.18 Å². The number of benzene rings is 2. The molecule has 1 aliphatic carbocycles. The Hall–Kier alpha value is -4.01. The summed E-state index contributed by atoms with van der Waals surface area (Å²) in [5.41, 5.74) is -0.529. The summed E-state index contributed by atoms with van der Waals surface area (Å²) in [6.07, 6.45) is -2.62. The summed E-state index contributed by atoms with van der Waals surface area (Å²) in [7, 11) is 0. The van der Waals surface area contributed by atoms with E-state index in [1.807, 2.05) is 0 Å². The van der Waals surface area contributed by atoms with Gasteiger partial charge in [0.25, 0.3) is 5.91 Å². The van der Waals surface area contributed by atoms with Gasteiger partial charge in [0, 0.05) is 28.3 Å². The van der Waals surface area contributed by atoms with Gasteiger partial charge in [0.15, 0.2) is 11.6 Å². The van der Waals surface area contributed by atoms with Crippen LogP contribution in [0, 0.1) is 11.6 Å². The lowest BCUT2D eigenvalue weighted by Gasteiger charge is -2.31. The molecule has 1 atom stereocenters. The molecular weight excluding hydrogens is 648 g/mol. The number of nitrogens with one attached hydrogen (secondary N) is 1. The van der Waals surface area contributed by atoms with Crippen molar-refractivity contribution in [1.29, 1.82) is 0 Å². The Balaban J connectivity index is 1.58. The van der Waals surface area contributed by atoms with Gasteiger partial charge in [-0.1, -0.05) is 23.2 Å². The lowest BCUT2D eigenvalue weighted by atomic mass is 9.93. The molecule has 4 N–H and O–H groups in total. The minimum absolute atomic E-state index is 0.0901. The predicted molar refractivity (Wildman–Crippen MR) is 154 cm³/mol. The Bertz CT molecular complexity index is 1830. The number of ether oxygens (including phenoxy) is 1. The standard InChI is InChI=1S/C29H24Cl2F5N5O4/c1-2-45-26-13(10-21(37)42)9-20(39-25(26)17-5-6-19(32)23(33)22(17)31)28(44,29(34,35)36)12-38-27(43)14-7-15-11-41(16-3-4-16)40-24(15)18(30)8-14/h5-9,11,16,44H,2-4,10,12H2,1H3,(H2,37,42)(H,38,43)/t28-/m0/s1. The smallest absolute Gasteiger partial charge is 0.424 e. The van der Waals surface area contributed by atoms with Gasteiger partial charge in [-0.3, -0.25) is 14.3 Å². The molecule has 0 spiro atoms. The highest BCUT2D eigenvalue weighted by molar-refractivity contribution is 6.35. The summed E-state index contributed by atoms with van der Waals surface area (Å²) in [5, 5.41) is 17.4. The number of nitrogens with two attached hydrogens (primary N) is 1. The highest BCUT2D eigenvalue weighted by atomic mass is 35.5. The first-order valence-electron chi connectivity index (χ1n) is 13.5. The van der Waals surface area contributed by atoms with Gasteiger partial charge in [-0.2, -0.15) is 18.3 Å². The molecule has 4 aromatic rings. The third-order valence-corrected chi connectivity index (χ3v) is 7.81. The average Bonchev–Trinajstić information content (AvgIpc) is 3.73. The summed E-state index contributed by atoms with van der Waals surface area (Å²) >= 11 is 12.3. The summed E-state index contributed by atoms with van der Waals surface area (Å²) in [4.78, 5) is 28.9. The molecule has 0 radical (unpaired) electrons. The van der Waals surface area contributed by atoms with E-state index < -0.39 is 70.2 Å². The van der Waals surface area contributed by atoms with Crippen LogP contribution in [-0.2, 0) is 16.8 Å². The minimum Gasteiger partial charge on any atom is -0.491 e. The Labute approximate surface area is 262 Å². The van der Waals surface area contributed by atoms with E-state index >= 15 is 0 Å². The second-order valence-corrected chi connectivity index (χ2v) is 11.2. The molecule has 5 rings (SSSR count). The second-order valence-electron chi connectivity index (χ2n) is 10.4. The number of nitrogens with zero attached hydrogens (tertiary/aromatic N) is 3. The number of aromatic nitrogens is 3. The number of carbonyl (C=O) groups is 2. The van der Waals surface area contributed by atoms with Gasteiger partial charge in [-0.15, -0.1) is 0 Å². The quantitative estimate of drug-likeness (QED) is 0.148. The van der Waals surface area contributed by atoms with Crippen molar-refractivity contribution in [2.24, 2.45) is 5.73 Å². The van der Waals surface area contributed by atoms with Crippen molar-refractivity contribution < 1.29 is 41.4 Å². The SMILES string of the molecule is CCOc1c(CC(N)=O)cc([C@@](O)(CNC(=O)c2cc(Cl)c3nn(C4CC4)cc3c2)C(F)(F)F)nc1-c1ccc(F)c(F)c1Cl. The Morgan fingerprint density at radius 3 is 2.51 bits per heavy atom. The maximum Gasteiger partial charge on any atom is 0.424 e. The van der Waals surface area contributed by atoms with Crippen LogP contribution < -0.4 is 15.8 Å². The summed E-state index contributed by atoms with van der Waals surface area (Å²) in [5.74, 6) is -5.15. The number of primary amides is 1. The topological polar surface area (TPSA) is 132 Å². The van der Waals surface area contributed by atoms with Crippen molar-refractivity contribution in [3.63, 3.8) is 0 Å². The van der Waals surface area contributed by atoms with Crippen LogP contribution in [0.15, 0.2) is 36.5 Å². The number of pyridine rings is 1. The van der Waals surface area contributed by atoms with E-state index in [9.17, 15) is 36.6 Å². The van der Waals surface area contributed by atoms with Crippen LogP contribution in [0.5, 0.6) is 5.75 Å². The van der Waals surface area contributed by atoms with E-state index in [0.29, 0.717) is 17.0 Å². The molecule has 0 bridgehead atoms. The highest BCUT2D eigenvalue weighted by Gasteiger charge is 2.57. The molecule has 2 amide bonds. The van der Waals surface area contributed by atoms with Gasteiger partial charge < -0.3 is 20.9 Å². The number of amides is 2. The van der Waals surface area contributed by atoms with Crippen LogP contribution in [0.1, 0.15) is 47.4 Å². The van der Waals surface area contributed by atoms with Crippen LogP contribution in [0.3, 0.4) is 0 Å². The third kappa shape index (κ3) is 6.26. The molecule has 2 aromatic heterocycles. The fourth-order valence-corrected chi connectivity index (χ4v) is 5.24. The zero-order valence-corrected chi connectivity index (χ0v) is 24.8. The van der Waals surface area contributed by atoms with Crippen molar-refractivity contribution in [2.45, 2.75) is 44.0 Å². The van der Waals surface area contributed by atoms with Crippen LogP contribution in [0.25, 0.3) is 22.2 Å². The number of hydrogen-bond acceptors (Lipinski definition) is 6. The monoisotopic (exact) mass is 671 g/mol. The summed E-state index contributed by atoms with van der Waals surface area (Å²) in [6, 6.07) is 5.20. The molecule has 1 fully saturated rings. The van der Waals surface area contributed by atoms with E-state index in [-0.39, 0.29) is 34.5 Å². The van der Waals surface area contributed by atoms with Crippen LogP contribution in [0.4, 0.5) is 22.0 Å². The van der Waals surface area contributed by atoms with Crippen molar-refractivity contribution in [1.82, 2.24) is 20.1 Å². The van der Waals surface area contributed by atoms with Crippen LogP contribution >= 0.6 is 23.2 Å². The molecular formula is C29H24Cl2F5N5O4. The third-order valence-electron chi connectivity index (χ3n) is 7.15. The van der Waals surface area contributed by atoms with Gasteiger partial charge in [0.05, 0.1) is 41.4 Å². The number of hydrogen-bond donors (Lipinski definition) is 3. The Morgan fingerprint density at radius 1 is 1.18 bits per heavy atom. The Kier molecular flexibility index (Phi) is 8.68. The van der Waals surface area contributed by atoms with Crippen molar-refractivity contribution in [2.75, 3.05) is 13.2 Å². The molecule has 45 heavy (non-hydrogen) atoms. The second kappa shape index (κ2) is 12.1. The first kappa shape index (κ1) is 32.4. The van der Waals surface area contributed by atoms with Crippen molar-refractivity contribution in [3.05, 3.63) is 75.0 Å². The van der Waals surface area contributed by atoms with Gasteiger partial charge in [0.1, 0.15) is 17.0 Å². The van der Waals surface area contributed by atoms with Crippen molar-refractivity contribution in [3.8, 4) is 17.0 Å². The Morgan fingerprint density at radius 2 is 1.89 bits per heavy atom. The zero-order valence-electron chi connectivity index (χ0n) is 23.3. The van der Waals surface area contributed by atoms with E-state index in [0.717, 1.165) is 25.0 Å². The molecule has 0 saturated heterocycles. The fraction of sp³-hybridized carbons (Fsp3) is 0.310. The molecule has 2 heterocycles. The van der Waals surface area contributed by atoms with Crippen LogP contribution in [-0.4, -0.2) is 51.0 Å². The maximum atomic E-state index is 14.6. The van der Waals surface area contributed by atoms with E-state index in [1.165, 1.54) is 19.1 Å².